The van der Waals surface area contributed by atoms with Crippen molar-refractivity contribution in [3.8, 4) is 11.5 Å². The monoisotopic (exact) mass is 529 g/mol. The van der Waals surface area contributed by atoms with Crippen LogP contribution in [0.1, 0.15) is 72.4 Å². The molecule has 5 rings (SSSR count). The predicted molar refractivity (Wildman–Crippen MR) is 146 cm³/mol. The van der Waals surface area contributed by atoms with Crippen LogP contribution in [0.25, 0.3) is 0 Å². The fourth-order valence-corrected chi connectivity index (χ4v) is 5.32. The number of amides is 2. The molecule has 2 atom stereocenters. The van der Waals surface area contributed by atoms with Crippen molar-refractivity contribution in [1.29, 1.82) is 0 Å². The highest BCUT2D eigenvalue weighted by Gasteiger charge is 2.43. The molecule has 3 aliphatic rings. The van der Waals surface area contributed by atoms with Crippen molar-refractivity contribution in [3.63, 3.8) is 0 Å². The van der Waals surface area contributed by atoms with E-state index in [1.165, 1.54) is 4.90 Å². The van der Waals surface area contributed by atoms with Crippen LogP contribution in [0.4, 0.5) is 0 Å². The lowest BCUT2D eigenvalue weighted by Gasteiger charge is -2.33. The van der Waals surface area contributed by atoms with Gasteiger partial charge in [-0.1, -0.05) is 29.8 Å². The number of nitrogens with zero attached hydrogens (tertiary/aromatic N) is 3. The minimum Gasteiger partial charge on any atom is -0.490 e. The largest absolute Gasteiger partial charge is 0.490 e. The lowest BCUT2D eigenvalue weighted by molar-refractivity contribution is -0.138. The highest BCUT2D eigenvalue weighted by molar-refractivity contribution is 6.30. The van der Waals surface area contributed by atoms with Gasteiger partial charge in [-0.05, 0) is 63.4 Å². The number of aliphatic imine (C=N–C) groups is 2. The van der Waals surface area contributed by atoms with Gasteiger partial charge >= 0.3 is 5.97 Å². The molecular weight excluding hydrogens is 498 g/mol. The molecule has 2 amide bonds. The molecule has 9 nitrogen and oxygen atoms in total. The van der Waals surface area contributed by atoms with Gasteiger partial charge in [-0.15, -0.1) is 0 Å². The average Bonchev–Trinajstić information content (AvgIpc) is 3.17. The average molecular weight is 530 g/mol. The Hall–Kier alpha value is -4.27. The van der Waals surface area contributed by atoms with E-state index < -0.39 is 12.0 Å². The van der Waals surface area contributed by atoms with Gasteiger partial charge in [-0.3, -0.25) is 19.6 Å². The second-order valence-electron chi connectivity index (χ2n) is 9.98. The summed E-state index contributed by atoms with van der Waals surface area (Å²) in [5.74, 6) is -0.451. The zero-order valence-electron chi connectivity index (χ0n) is 22.2. The van der Waals surface area contributed by atoms with Crippen molar-refractivity contribution in [1.82, 2.24) is 4.90 Å². The number of hydrogen-bond acceptors (Lipinski definition) is 7. The number of carboxylic acid groups (broad SMARTS) is 1. The van der Waals surface area contributed by atoms with Crippen LogP contribution in [0.2, 0.25) is 0 Å². The Bertz CT molecular complexity index is 1390. The Morgan fingerprint density at radius 3 is 2.49 bits per heavy atom. The molecule has 0 bridgehead atoms. The number of benzene rings is 2. The molecule has 1 N–H and O–H groups in total. The highest BCUT2D eigenvalue weighted by atomic mass is 16.5. The fourth-order valence-electron chi connectivity index (χ4n) is 5.32. The topological polar surface area (TPSA) is 118 Å². The summed E-state index contributed by atoms with van der Waals surface area (Å²) in [4.78, 5) is 48.9. The van der Waals surface area contributed by atoms with E-state index in [1.807, 2.05) is 26.8 Å². The zero-order valence-corrected chi connectivity index (χ0v) is 22.2. The van der Waals surface area contributed by atoms with Crippen LogP contribution in [0.15, 0.2) is 64.1 Å². The fraction of sp³-hybridized carbons (Fsp3) is 0.367. The predicted octanol–water partition coefficient (Wildman–Crippen LogP) is 4.87. The van der Waals surface area contributed by atoms with E-state index in [0.29, 0.717) is 66.4 Å². The number of carboxylic acids is 1. The summed E-state index contributed by atoms with van der Waals surface area (Å²) in [5, 5.41) is 10.1. The zero-order chi connectivity index (χ0) is 27.7. The molecule has 0 aromatic heterocycles. The number of ether oxygens (including phenoxy) is 2. The van der Waals surface area contributed by atoms with Crippen molar-refractivity contribution in [2.24, 2.45) is 15.9 Å². The molecule has 2 aromatic rings. The van der Waals surface area contributed by atoms with Gasteiger partial charge in [0.05, 0.1) is 30.4 Å². The van der Waals surface area contributed by atoms with Crippen LogP contribution in [-0.4, -0.2) is 58.6 Å². The van der Waals surface area contributed by atoms with E-state index in [4.69, 9.17) is 9.47 Å². The van der Waals surface area contributed by atoms with E-state index in [0.717, 1.165) is 11.3 Å². The number of dihydropyridines is 1. The molecule has 0 spiro atoms. The van der Waals surface area contributed by atoms with Gasteiger partial charge in [0.1, 0.15) is 5.84 Å². The number of fused-ring (bicyclic) bond motifs is 2. The Kier molecular flexibility index (Phi) is 7.32. The van der Waals surface area contributed by atoms with Gasteiger partial charge in [-0.2, -0.15) is 0 Å². The summed E-state index contributed by atoms with van der Waals surface area (Å²) in [7, 11) is 0. The van der Waals surface area contributed by atoms with E-state index in [-0.39, 0.29) is 23.8 Å². The lowest BCUT2D eigenvalue weighted by Crippen LogP contribution is -2.43. The van der Waals surface area contributed by atoms with Crippen LogP contribution in [0, 0.1) is 5.92 Å². The first-order valence-electron chi connectivity index (χ1n) is 13.2. The third-order valence-electron chi connectivity index (χ3n) is 7.01. The number of rotatable bonds is 7. The first-order chi connectivity index (χ1) is 18.8. The summed E-state index contributed by atoms with van der Waals surface area (Å²) in [6, 6.07) is 10.8. The van der Waals surface area contributed by atoms with Crippen LogP contribution in [0.5, 0.6) is 11.5 Å². The van der Waals surface area contributed by atoms with Gasteiger partial charge in [0.2, 0.25) is 0 Å². The third kappa shape index (κ3) is 5.08. The standard InChI is InChI=1S/C30H31N3O6/c1-4-38-25-16-19(9-12-24(25)39-17(2)3)26(30(36)37)32-20-10-11-21-18(15-20)13-14-31-27(21)33-28(34)22-7-5-6-8-23(22)29(33)35/h5-9,12-13,16-17,21,26H,4,10-11,14-15H2,1-3H3,(H,36,37). The van der Waals surface area contributed by atoms with Gasteiger partial charge in [0.15, 0.2) is 17.5 Å². The number of carbonyl (C=O) groups excluding carboxylic acids is 2. The SMILES string of the molecule is CCOc1cc(C(N=C2CCC3C(=CCN=C3N3C(=O)c4ccccc4C3=O)C2)C(=O)O)ccc1OC(C)C. The normalized spacial score (nSPS) is 20.4. The Balaban J connectivity index is 1.37. The van der Waals surface area contributed by atoms with E-state index in [2.05, 4.69) is 9.98 Å². The molecule has 39 heavy (non-hydrogen) atoms. The van der Waals surface area contributed by atoms with Crippen LogP contribution >= 0.6 is 0 Å². The first kappa shape index (κ1) is 26.3. The number of amidine groups is 1. The Labute approximate surface area is 226 Å². The summed E-state index contributed by atoms with van der Waals surface area (Å²) >= 11 is 0. The molecule has 2 unspecified atom stereocenters. The maximum absolute atomic E-state index is 13.1. The highest BCUT2D eigenvalue weighted by Crippen LogP contribution is 2.37. The van der Waals surface area contributed by atoms with Gasteiger partial charge < -0.3 is 14.6 Å². The summed E-state index contributed by atoms with van der Waals surface area (Å²) in [5.41, 5.74) is 3.04. The molecule has 0 radical (unpaired) electrons. The molecule has 2 aromatic carbocycles. The number of carbonyl (C=O) groups is 3. The van der Waals surface area contributed by atoms with Crippen molar-refractivity contribution in [2.45, 2.75) is 52.2 Å². The smallest absolute Gasteiger partial charge is 0.333 e. The third-order valence-corrected chi connectivity index (χ3v) is 7.01. The molecule has 1 fully saturated rings. The summed E-state index contributed by atoms with van der Waals surface area (Å²) < 4.78 is 11.5. The van der Waals surface area contributed by atoms with E-state index in [9.17, 15) is 19.5 Å². The van der Waals surface area contributed by atoms with Crippen molar-refractivity contribution in [2.75, 3.05) is 13.2 Å². The maximum atomic E-state index is 13.1. The molecule has 0 saturated heterocycles. The number of hydrogen-bond donors (Lipinski definition) is 1. The summed E-state index contributed by atoms with van der Waals surface area (Å²) in [6.45, 7) is 6.44. The van der Waals surface area contributed by atoms with Crippen molar-refractivity contribution < 1.29 is 29.0 Å². The minimum atomic E-state index is -1.10. The lowest BCUT2D eigenvalue weighted by atomic mass is 9.80. The van der Waals surface area contributed by atoms with Crippen LogP contribution < -0.4 is 9.47 Å². The molecule has 1 saturated carbocycles. The Morgan fingerprint density at radius 1 is 1.13 bits per heavy atom. The van der Waals surface area contributed by atoms with Crippen molar-refractivity contribution >= 4 is 29.3 Å². The molecule has 9 heteroatoms. The molecule has 2 aliphatic heterocycles. The number of aliphatic carboxylic acids is 1. The second-order valence-corrected chi connectivity index (χ2v) is 9.98. The summed E-state index contributed by atoms with van der Waals surface area (Å²) in [6.07, 6.45) is 3.50. The van der Waals surface area contributed by atoms with Gasteiger partial charge in [-0.25, -0.2) is 9.69 Å². The first-order valence-corrected chi connectivity index (χ1v) is 13.2. The van der Waals surface area contributed by atoms with Crippen LogP contribution in [-0.2, 0) is 4.79 Å². The molecule has 2 heterocycles. The quantitative estimate of drug-likeness (QED) is 0.404. The molecule has 202 valence electrons. The van der Waals surface area contributed by atoms with E-state index in [1.54, 1.807) is 42.5 Å². The van der Waals surface area contributed by atoms with E-state index >= 15 is 0 Å². The van der Waals surface area contributed by atoms with Gasteiger partial charge in [0, 0.05) is 18.1 Å². The molecular formula is C30H31N3O6. The second kappa shape index (κ2) is 10.8. The van der Waals surface area contributed by atoms with Crippen LogP contribution in [0.3, 0.4) is 0 Å². The number of imide groups is 1. The van der Waals surface area contributed by atoms with Crippen molar-refractivity contribution in [3.05, 3.63) is 70.8 Å². The van der Waals surface area contributed by atoms with Gasteiger partial charge in [0.25, 0.3) is 11.8 Å². The molecule has 1 aliphatic carbocycles. The maximum Gasteiger partial charge on any atom is 0.333 e. The Morgan fingerprint density at radius 2 is 1.85 bits per heavy atom. The minimum absolute atomic E-state index is 0.0572.